The first-order valence-electron chi connectivity index (χ1n) is 6.82. The SMILES string of the molecule is Cc1ccc(C2(C=C3CC3)C=CC=CC2)cc1C. The highest BCUT2D eigenvalue weighted by molar-refractivity contribution is 5.46. The van der Waals surface area contributed by atoms with Gasteiger partial charge in [-0.25, -0.2) is 0 Å². The van der Waals surface area contributed by atoms with Gasteiger partial charge in [-0.05, 0) is 49.8 Å². The molecular weight excluding hydrogens is 216 g/mol. The van der Waals surface area contributed by atoms with Crippen LogP contribution in [0.3, 0.4) is 0 Å². The molecule has 0 spiro atoms. The molecule has 0 aliphatic heterocycles. The van der Waals surface area contributed by atoms with Crippen LogP contribution in [0.25, 0.3) is 0 Å². The Labute approximate surface area is 110 Å². The Bertz CT molecular complexity index is 551. The van der Waals surface area contributed by atoms with Gasteiger partial charge in [0.25, 0.3) is 0 Å². The smallest absolute Gasteiger partial charge is 0.0352 e. The van der Waals surface area contributed by atoms with E-state index in [-0.39, 0.29) is 5.41 Å². The molecule has 2 aliphatic carbocycles. The minimum Gasteiger partial charge on any atom is -0.0830 e. The van der Waals surface area contributed by atoms with Crippen molar-refractivity contribution in [1.82, 2.24) is 0 Å². The molecular formula is C18H20. The quantitative estimate of drug-likeness (QED) is 0.648. The maximum absolute atomic E-state index is 2.50. The van der Waals surface area contributed by atoms with E-state index in [2.05, 4.69) is 62.4 Å². The van der Waals surface area contributed by atoms with Gasteiger partial charge in [-0.1, -0.05) is 54.2 Å². The number of rotatable bonds is 2. The van der Waals surface area contributed by atoms with Crippen LogP contribution in [0.2, 0.25) is 0 Å². The molecule has 1 unspecified atom stereocenters. The fraction of sp³-hybridized carbons (Fsp3) is 0.333. The largest absolute Gasteiger partial charge is 0.0830 e. The van der Waals surface area contributed by atoms with Gasteiger partial charge in [-0.2, -0.15) is 0 Å². The summed E-state index contributed by atoms with van der Waals surface area (Å²) in [5, 5.41) is 0. The third-order valence-corrected chi connectivity index (χ3v) is 4.14. The van der Waals surface area contributed by atoms with Gasteiger partial charge in [0, 0.05) is 5.41 Å². The number of aryl methyl sites for hydroxylation is 2. The summed E-state index contributed by atoms with van der Waals surface area (Å²) in [6.45, 7) is 4.39. The lowest BCUT2D eigenvalue weighted by molar-refractivity contribution is 0.672. The van der Waals surface area contributed by atoms with Crippen molar-refractivity contribution in [1.29, 1.82) is 0 Å². The maximum atomic E-state index is 2.50. The second-order valence-electron chi connectivity index (χ2n) is 5.63. The second-order valence-corrected chi connectivity index (χ2v) is 5.63. The molecule has 1 aromatic rings. The fourth-order valence-electron chi connectivity index (χ4n) is 2.65. The van der Waals surface area contributed by atoms with Crippen LogP contribution in [0.1, 0.15) is 36.0 Å². The van der Waals surface area contributed by atoms with Gasteiger partial charge < -0.3 is 0 Å². The Hall–Kier alpha value is -1.56. The van der Waals surface area contributed by atoms with E-state index in [0.717, 1.165) is 6.42 Å². The molecule has 0 N–H and O–H groups in total. The molecule has 0 amide bonds. The molecule has 0 radical (unpaired) electrons. The lowest BCUT2D eigenvalue weighted by Gasteiger charge is -2.29. The van der Waals surface area contributed by atoms with Crippen LogP contribution in [0, 0.1) is 13.8 Å². The third kappa shape index (κ3) is 2.08. The van der Waals surface area contributed by atoms with Crippen molar-refractivity contribution in [3.63, 3.8) is 0 Å². The monoisotopic (exact) mass is 236 g/mol. The van der Waals surface area contributed by atoms with E-state index >= 15 is 0 Å². The van der Waals surface area contributed by atoms with Crippen LogP contribution in [0.15, 0.2) is 54.2 Å². The minimum absolute atomic E-state index is 0.110. The molecule has 0 aromatic heterocycles. The topological polar surface area (TPSA) is 0 Å². The van der Waals surface area contributed by atoms with Crippen LogP contribution in [0.4, 0.5) is 0 Å². The number of allylic oxidation sites excluding steroid dienone is 6. The Kier molecular flexibility index (Phi) is 2.74. The summed E-state index contributed by atoms with van der Waals surface area (Å²) in [6, 6.07) is 6.91. The van der Waals surface area contributed by atoms with Crippen LogP contribution < -0.4 is 0 Å². The predicted octanol–water partition coefficient (Wildman–Crippen LogP) is 4.78. The van der Waals surface area contributed by atoms with Crippen LogP contribution in [-0.4, -0.2) is 0 Å². The van der Waals surface area contributed by atoms with Crippen molar-refractivity contribution in [2.75, 3.05) is 0 Å². The summed E-state index contributed by atoms with van der Waals surface area (Å²) in [4.78, 5) is 0. The molecule has 2 aliphatic rings. The van der Waals surface area contributed by atoms with Crippen molar-refractivity contribution in [3.05, 3.63) is 70.8 Å². The third-order valence-electron chi connectivity index (χ3n) is 4.14. The van der Waals surface area contributed by atoms with Crippen molar-refractivity contribution < 1.29 is 0 Å². The molecule has 0 nitrogen and oxygen atoms in total. The average molecular weight is 236 g/mol. The maximum Gasteiger partial charge on any atom is 0.0352 e. The Morgan fingerprint density at radius 3 is 2.50 bits per heavy atom. The van der Waals surface area contributed by atoms with Crippen LogP contribution >= 0.6 is 0 Å². The lowest BCUT2D eigenvalue weighted by atomic mass is 9.74. The van der Waals surface area contributed by atoms with Gasteiger partial charge in [0.2, 0.25) is 0 Å². The molecule has 0 bridgehead atoms. The zero-order valence-corrected chi connectivity index (χ0v) is 11.2. The molecule has 92 valence electrons. The van der Waals surface area contributed by atoms with E-state index in [9.17, 15) is 0 Å². The summed E-state index contributed by atoms with van der Waals surface area (Å²) < 4.78 is 0. The number of benzene rings is 1. The van der Waals surface area contributed by atoms with Gasteiger partial charge in [-0.3, -0.25) is 0 Å². The summed E-state index contributed by atoms with van der Waals surface area (Å²) >= 11 is 0. The zero-order valence-electron chi connectivity index (χ0n) is 11.2. The van der Waals surface area contributed by atoms with Gasteiger partial charge in [0.15, 0.2) is 0 Å². The molecule has 1 atom stereocenters. The molecule has 0 heterocycles. The highest BCUT2D eigenvalue weighted by Crippen LogP contribution is 2.40. The molecule has 1 aromatic carbocycles. The molecule has 1 saturated carbocycles. The first-order valence-corrected chi connectivity index (χ1v) is 6.82. The Morgan fingerprint density at radius 1 is 1.06 bits per heavy atom. The molecule has 3 rings (SSSR count). The lowest BCUT2D eigenvalue weighted by Crippen LogP contribution is -2.21. The van der Waals surface area contributed by atoms with Gasteiger partial charge >= 0.3 is 0 Å². The molecule has 0 saturated heterocycles. The first kappa shape index (κ1) is 11.5. The van der Waals surface area contributed by atoms with E-state index in [1.54, 1.807) is 5.57 Å². The average Bonchev–Trinajstić information content (AvgIpc) is 3.17. The van der Waals surface area contributed by atoms with Crippen LogP contribution in [0.5, 0.6) is 0 Å². The highest BCUT2D eigenvalue weighted by atomic mass is 14.3. The standard InChI is InChI=1S/C18H20/c1-14-6-9-17(12-15(14)2)18(13-16-7-8-16)10-4-3-5-11-18/h3-6,9-10,12-13H,7-8,11H2,1-2H3. The highest BCUT2D eigenvalue weighted by Gasteiger charge is 2.29. The first-order chi connectivity index (χ1) is 8.70. The van der Waals surface area contributed by atoms with Gasteiger partial charge in [0.05, 0.1) is 0 Å². The predicted molar refractivity (Wildman–Crippen MR) is 77.8 cm³/mol. The van der Waals surface area contributed by atoms with Crippen molar-refractivity contribution in [3.8, 4) is 0 Å². The zero-order chi connectivity index (χ0) is 12.6. The number of hydrogen-bond donors (Lipinski definition) is 0. The summed E-state index contributed by atoms with van der Waals surface area (Å²) in [5.74, 6) is 0. The fourth-order valence-corrected chi connectivity index (χ4v) is 2.65. The van der Waals surface area contributed by atoms with Crippen molar-refractivity contribution in [2.24, 2.45) is 0 Å². The Balaban J connectivity index is 2.08. The van der Waals surface area contributed by atoms with E-state index in [1.807, 2.05) is 0 Å². The van der Waals surface area contributed by atoms with Crippen molar-refractivity contribution in [2.45, 2.75) is 38.5 Å². The van der Waals surface area contributed by atoms with E-state index in [4.69, 9.17) is 0 Å². The van der Waals surface area contributed by atoms with Crippen molar-refractivity contribution >= 4 is 0 Å². The Morgan fingerprint density at radius 2 is 1.89 bits per heavy atom. The molecule has 0 heteroatoms. The van der Waals surface area contributed by atoms with E-state index in [0.29, 0.717) is 0 Å². The summed E-state index contributed by atoms with van der Waals surface area (Å²) in [7, 11) is 0. The summed E-state index contributed by atoms with van der Waals surface area (Å²) in [6.07, 6.45) is 15.2. The van der Waals surface area contributed by atoms with E-state index in [1.165, 1.54) is 29.5 Å². The van der Waals surface area contributed by atoms with Crippen LogP contribution in [-0.2, 0) is 5.41 Å². The summed E-state index contributed by atoms with van der Waals surface area (Å²) in [5.41, 5.74) is 5.94. The minimum atomic E-state index is 0.110. The van der Waals surface area contributed by atoms with Gasteiger partial charge in [-0.15, -0.1) is 0 Å². The number of hydrogen-bond acceptors (Lipinski definition) is 0. The second kappa shape index (κ2) is 4.28. The van der Waals surface area contributed by atoms with E-state index < -0.39 is 0 Å². The molecule has 1 fully saturated rings. The molecule has 18 heavy (non-hydrogen) atoms. The normalized spacial score (nSPS) is 25.3. The van der Waals surface area contributed by atoms with Gasteiger partial charge in [0.1, 0.15) is 0 Å².